The second kappa shape index (κ2) is 9.51. The maximum Gasteiger partial charge on any atom is 0.255 e. The van der Waals surface area contributed by atoms with E-state index in [0.717, 1.165) is 11.8 Å². The second-order valence-corrected chi connectivity index (χ2v) is 12.5. The number of phenols is 1. The van der Waals surface area contributed by atoms with Crippen LogP contribution in [0.2, 0.25) is 0 Å². The van der Waals surface area contributed by atoms with E-state index in [0.29, 0.717) is 17.5 Å². The Kier molecular flexibility index (Phi) is 6.96. The number of aromatic hydroxyl groups is 1. The first-order valence-electron chi connectivity index (χ1n) is 12.4. The van der Waals surface area contributed by atoms with Gasteiger partial charge < -0.3 is 26.2 Å². The van der Waals surface area contributed by atoms with Gasteiger partial charge in [-0.2, -0.15) is 0 Å². The van der Waals surface area contributed by atoms with Crippen molar-refractivity contribution in [3.05, 3.63) is 45.2 Å². The molecular formula is C26H32N2O9S. The smallest absolute Gasteiger partial charge is 0.255 e. The van der Waals surface area contributed by atoms with E-state index in [1.807, 2.05) is 19.9 Å². The molecule has 0 radical (unpaired) electrons. The van der Waals surface area contributed by atoms with Gasteiger partial charge in [0.1, 0.15) is 22.8 Å². The van der Waals surface area contributed by atoms with E-state index in [2.05, 4.69) is 4.72 Å². The van der Waals surface area contributed by atoms with E-state index < -0.39 is 62.0 Å². The molecule has 1 aromatic rings. The molecule has 11 nitrogen and oxygen atoms in total. The van der Waals surface area contributed by atoms with Gasteiger partial charge in [0, 0.05) is 24.5 Å². The quantitative estimate of drug-likeness (QED) is 0.212. The predicted octanol–water partition coefficient (Wildman–Crippen LogP) is 1.03. The number of carbonyl (C=O) groups is 3. The number of aliphatic hydroxyl groups excluding tert-OH is 2. The molecule has 4 rings (SSSR count). The molecule has 3 aliphatic rings. The summed E-state index contributed by atoms with van der Waals surface area (Å²) >= 11 is 0. The first kappa shape index (κ1) is 27.8. The largest absolute Gasteiger partial charge is 0.508 e. The number of carbonyl (C=O) groups excluding carboxylic acids is 3. The van der Waals surface area contributed by atoms with Gasteiger partial charge in [0.15, 0.2) is 11.4 Å². The molecule has 7 N–H and O–H groups in total. The Bertz CT molecular complexity index is 1420. The number of aliphatic hydroxyl groups is 3. The summed E-state index contributed by atoms with van der Waals surface area (Å²) in [6.45, 7) is 4.02. The lowest BCUT2D eigenvalue weighted by Crippen LogP contribution is -2.58. The minimum Gasteiger partial charge on any atom is -0.508 e. The van der Waals surface area contributed by atoms with Crippen LogP contribution in [0.1, 0.15) is 61.3 Å². The zero-order valence-corrected chi connectivity index (χ0v) is 22.2. The zero-order chi connectivity index (χ0) is 28.3. The summed E-state index contributed by atoms with van der Waals surface area (Å²) in [6.07, 6.45) is 1.62. The lowest BCUT2D eigenvalue weighted by Gasteiger charge is -2.46. The summed E-state index contributed by atoms with van der Waals surface area (Å²) in [4.78, 5) is 37.9. The lowest BCUT2D eigenvalue weighted by molar-refractivity contribution is -0.147. The molecule has 0 spiro atoms. The van der Waals surface area contributed by atoms with Crippen molar-refractivity contribution in [2.45, 2.75) is 57.5 Å². The molecular weight excluding hydrogens is 516 g/mol. The van der Waals surface area contributed by atoms with Gasteiger partial charge in [-0.1, -0.05) is 19.9 Å². The molecule has 0 bridgehead atoms. The number of nitrogens with one attached hydrogen (secondary N) is 1. The summed E-state index contributed by atoms with van der Waals surface area (Å²) < 4.78 is 25.1. The molecule has 1 saturated carbocycles. The molecule has 0 aliphatic heterocycles. The fourth-order valence-electron chi connectivity index (χ4n) is 6.02. The molecule has 0 heterocycles. The van der Waals surface area contributed by atoms with E-state index in [-0.39, 0.29) is 55.0 Å². The number of sulfonamides is 1. The molecule has 1 amide bonds. The van der Waals surface area contributed by atoms with Crippen molar-refractivity contribution >= 4 is 33.3 Å². The Morgan fingerprint density at radius 2 is 1.87 bits per heavy atom. The predicted molar refractivity (Wildman–Crippen MR) is 137 cm³/mol. The topological polar surface area (TPSA) is 204 Å². The maximum absolute atomic E-state index is 13.7. The Labute approximate surface area is 220 Å². The van der Waals surface area contributed by atoms with E-state index in [9.17, 15) is 43.2 Å². The normalized spacial score (nSPS) is 25.4. The summed E-state index contributed by atoms with van der Waals surface area (Å²) in [7, 11) is -3.38. The highest BCUT2D eigenvalue weighted by atomic mass is 32.2. The van der Waals surface area contributed by atoms with E-state index in [1.165, 1.54) is 0 Å². The Balaban J connectivity index is 1.83. The highest BCUT2D eigenvalue weighted by Gasteiger charge is 2.60. The standard InChI is InChI=1S/C26H32N2O9S/c1-11(2)15-8-12(5-4-6-28-38(3,36)37)21(30)19-16(15)9-13-7-14-10-17(29)20(25(27)34)24(33)26(14,35)23(32)18(13)22(19)31/h8,11,13-14,28,30-31,33,35H,4-7,9-10H2,1-3H3,(H2,27,34)/t13-,14+,26+/m1/s1. The van der Waals surface area contributed by atoms with Crippen LogP contribution in [-0.4, -0.2) is 64.7 Å². The van der Waals surface area contributed by atoms with Crippen molar-refractivity contribution in [1.29, 1.82) is 0 Å². The molecule has 12 heteroatoms. The number of hydrogen-bond donors (Lipinski definition) is 6. The number of amides is 1. The third-order valence-corrected chi connectivity index (χ3v) is 8.51. The van der Waals surface area contributed by atoms with Crippen LogP contribution in [0.15, 0.2) is 23.0 Å². The second-order valence-electron chi connectivity index (χ2n) is 10.7. The zero-order valence-electron chi connectivity index (χ0n) is 21.4. The van der Waals surface area contributed by atoms with Crippen molar-refractivity contribution in [1.82, 2.24) is 4.72 Å². The van der Waals surface area contributed by atoms with Gasteiger partial charge in [0.2, 0.25) is 15.8 Å². The van der Waals surface area contributed by atoms with Crippen molar-refractivity contribution in [3.63, 3.8) is 0 Å². The third-order valence-electron chi connectivity index (χ3n) is 7.79. The molecule has 1 fully saturated rings. The summed E-state index contributed by atoms with van der Waals surface area (Å²) in [5, 5.41) is 44.6. The summed E-state index contributed by atoms with van der Waals surface area (Å²) in [5.74, 6) is -6.62. The van der Waals surface area contributed by atoms with Crippen LogP contribution in [0, 0.1) is 11.8 Å². The van der Waals surface area contributed by atoms with Crippen molar-refractivity contribution < 1.29 is 43.2 Å². The molecule has 0 saturated heterocycles. The van der Waals surface area contributed by atoms with Crippen LogP contribution >= 0.6 is 0 Å². The molecule has 3 atom stereocenters. The first-order valence-corrected chi connectivity index (χ1v) is 14.3. The van der Waals surface area contributed by atoms with E-state index in [4.69, 9.17) is 5.73 Å². The highest BCUT2D eigenvalue weighted by molar-refractivity contribution is 7.88. The number of phenolic OH excluding ortho intramolecular Hbond substituents is 1. The molecule has 1 aromatic carbocycles. The number of fused-ring (bicyclic) bond motifs is 3. The number of primary amides is 1. The molecule has 0 aromatic heterocycles. The van der Waals surface area contributed by atoms with Crippen molar-refractivity contribution in [2.24, 2.45) is 17.6 Å². The Morgan fingerprint density at radius 1 is 1.21 bits per heavy atom. The molecule has 206 valence electrons. The Morgan fingerprint density at radius 3 is 2.45 bits per heavy atom. The number of rotatable bonds is 7. The van der Waals surface area contributed by atoms with E-state index >= 15 is 0 Å². The van der Waals surface area contributed by atoms with Crippen LogP contribution < -0.4 is 10.5 Å². The monoisotopic (exact) mass is 548 g/mol. The van der Waals surface area contributed by atoms with Gasteiger partial charge in [-0.05, 0) is 54.2 Å². The molecule has 3 aliphatic carbocycles. The van der Waals surface area contributed by atoms with Gasteiger partial charge in [0.05, 0.1) is 11.8 Å². The van der Waals surface area contributed by atoms with Crippen LogP contribution in [0.25, 0.3) is 5.76 Å². The fraction of sp³-hybridized carbons (Fsp3) is 0.500. The van der Waals surface area contributed by atoms with Gasteiger partial charge in [-0.15, -0.1) is 0 Å². The number of hydrogen-bond acceptors (Lipinski definition) is 9. The van der Waals surface area contributed by atoms with Gasteiger partial charge in [-0.3, -0.25) is 14.4 Å². The summed E-state index contributed by atoms with van der Waals surface area (Å²) in [5.41, 5.74) is 3.56. The van der Waals surface area contributed by atoms with Crippen LogP contribution in [-0.2, 0) is 37.2 Å². The maximum atomic E-state index is 13.7. The number of Topliss-reactive ketones (excluding diaryl/α,β-unsaturated/α-hetero) is 2. The Hall–Kier alpha value is -3.22. The van der Waals surface area contributed by atoms with Gasteiger partial charge in [0.25, 0.3) is 5.91 Å². The van der Waals surface area contributed by atoms with Gasteiger partial charge in [-0.25, -0.2) is 13.1 Å². The lowest BCUT2D eigenvalue weighted by atomic mass is 9.59. The fourth-order valence-corrected chi connectivity index (χ4v) is 6.53. The van der Waals surface area contributed by atoms with Crippen molar-refractivity contribution in [3.8, 4) is 5.75 Å². The SMILES string of the molecule is CC(C)c1cc(CCCNS(C)(=O)=O)c(O)c2c1C[C@H]1C[C@H]3CC(=O)C(C(N)=O)=C(O)[C@@]3(O)C(=O)C1=C2O. The van der Waals surface area contributed by atoms with Crippen LogP contribution in [0.3, 0.4) is 0 Å². The van der Waals surface area contributed by atoms with Gasteiger partial charge >= 0.3 is 0 Å². The van der Waals surface area contributed by atoms with E-state index in [1.54, 1.807) is 0 Å². The third kappa shape index (κ3) is 4.40. The van der Waals surface area contributed by atoms with Crippen LogP contribution in [0.5, 0.6) is 5.75 Å². The highest BCUT2D eigenvalue weighted by Crippen LogP contribution is 2.53. The van der Waals surface area contributed by atoms with Crippen LogP contribution in [0.4, 0.5) is 0 Å². The van der Waals surface area contributed by atoms with Crippen molar-refractivity contribution in [2.75, 3.05) is 12.8 Å². The average molecular weight is 549 g/mol. The summed E-state index contributed by atoms with van der Waals surface area (Å²) in [6, 6.07) is 1.82. The minimum absolute atomic E-state index is 0.0239. The average Bonchev–Trinajstić information content (AvgIpc) is 2.79. The number of aryl methyl sites for hydroxylation is 1. The number of benzene rings is 1. The number of ketones is 2. The first-order chi connectivity index (χ1) is 17.6. The molecule has 0 unspecified atom stereocenters. The number of nitrogens with two attached hydrogens (primary N) is 1. The minimum atomic E-state index is -3.38. The molecule has 38 heavy (non-hydrogen) atoms.